The highest BCUT2D eigenvalue weighted by atomic mass is 16.4. The van der Waals surface area contributed by atoms with Crippen LogP contribution in [0.5, 0.6) is 0 Å². The van der Waals surface area contributed by atoms with Crippen LogP contribution in [0.25, 0.3) is 11.0 Å². The summed E-state index contributed by atoms with van der Waals surface area (Å²) in [6, 6.07) is 6.09. The van der Waals surface area contributed by atoms with Crippen molar-refractivity contribution in [3.05, 3.63) is 40.2 Å². The molecule has 7 nitrogen and oxygen atoms in total. The summed E-state index contributed by atoms with van der Waals surface area (Å²) in [4.78, 5) is 34.2. The Morgan fingerprint density at radius 2 is 1.76 bits per heavy atom. The van der Waals surface area contributed by atoms with E-state index in [4.69, 9.17) is 14.6 Å². The summed E-state index contributed by atoms with van der Waals surface area (Å²) in [5.41, 5.74) is 0.871. The predicted molar refractivity (Wildman–Crippen MR) is 74.7 cm³/mol. The maximum Gasteiger partial charge on any atom is 0.336 e. The molecule has 0 aliphatic rings. The highest BCUT2D eigenvalue weighted by Crippen LogP contribution is 2.23. The van der Waals surface area contributed by atoms with E-state index in [1.807, 2.05) is 0 Å². The van der Waals surface area contributed by atoms with E-state index >= 15 is 0 Å². The van der Waals surface area contributed by atoms with Crippen molar-refractivity contribution in [3.63, 3.8) is 0 Å². The third-order valence-corrected chi connectivity index (χ3v) is 2.95. The Balaban J connectivity index is 2.50. The number of fused-ring (bicyclic) bond motifs is 1. The molecule has 21 heavy (non-hydrogen) atoms. The number of rotatable bonds is 5. The second-order valence-corrected chi connectivity index (χ2v) is 4.57. The van der Waals surface area contributed by atoms with Gasteiger partial charge in [0.15, 0.2) is 0 Å². The first kappa shape index (κ1) is 14.6. The fraction of sp³-hybridized carbons (Fsp3) is 0.214. The summed E-state index contributed by atoms with van der Waals surface area (Å²) in [6.45, 7) is 0.826. The Kier molecular flexibility index (Phi) is 3.93. The van der Waals surface area contributed by atoms with Crippen molar-refractivity contribution in [2.45, 2.75) is 6.92 Å². The van der Waals surface area contributed by atoms with Crippen LogP contribution in [0.4, 0.5) is 5.69 Å². The van der Waals surface area contributed by atoms with Gasteiger partial charge in [-0.1, -0.05) is 0 Å². The second-order valence-electron chi connectivity index (χ2n) is 4.57. The van der Waals surface area contributed by atoms with Crippen molar-refractivity contribution in [1.29, 1.82) is 0 Å². The molecule has 0 spiro atoms. The lowest BCUT2D eigenvalue weighted by molar-refractivity contribution is -0.136. The number of aliphatic carboxylic acids is 2. The fourth-order valence-electron chi connectivity index (χ4n) is 2.08. The van der Waals surface area contributed by atoms with E-state index in [9.17, 15) is 14.4 Å². The molecule has 0 saturated carbocycles. The summed E-state index contributed by atoms with van der Waals surface area (Å²) in [5.74, 6) is -2.30. The van der Waals surface area contributed by atoms with Gasteiger partial charge in [0.25, 0.3) is 0 Å². The third-order valence-electron chi connectivity index (χ3n) is 2.95. The minimum atomic E-state index is -1.15. The largest absolute Gasteiger partial charge is 0.480 e. The Hall–Kier alpha value is -2.83. The van der Waals surface area contributed by atoms with Crippen LogP contribution in [-0.2, 0) is 9.59 Å². The van der Waals surface area contributed by atoms with Gasteiger partial charge in [0, 0.05) is 23.2 Å². The number of anilines is 1. The number of hydrogen-bond donors (Lipinski definition) is 2. The highest BCUT2D eigenvalue weighted by molar-refractivity contribution is 5.86. The zero-order chi connectivity index (χ0) is 15.6. The number of benzene rings is 1. The molecule has 1 aromatic heterocycles. The van der Waals surface area contributed by atoms with Crippen molar-refractivity contribution in [1.82, 2.24) is 0 Å². The molecule has 0 radical (unpaired) electrons. The van der Waals surface area contributed by atoms with E-state index in [1.54, 1.807) is 19.1 Å². The SMILES string of the molecule is Cc1cc(=O)oc2cc(N(CC(=O)O)CC(=O)O)ccc12. The average Bonchev–Trinajstić information content (AvgIpc) is 2.35. The van der Waals surface area contributed by atoms with Gasteiger partial charge in [-0.3, -0.25) is 9.59 Å². The van der Waals surface area contributed by atoms with E-state index in [-0.39, 0.29) is 0 Å². The van der Waals surface area contributed by atoms with Crippen LogP contribution in [-0.4, -0.2) is 35.2 Å². The van der Waals surface area contributed by atoms with E-state index in [0.717, 1.165) is 5.56 Å². The number of hydrogen-bond acceptors (Lipinski definition) is 5. The Morgan fingerprint density at radius 1 is 1.14 bits per heavy atom. The maximum atomic E-state index is 11.4. The third kappa shape index (κ3) is 3.38. The lowest BCUT2D eigenvalue weighted by Gasteiger charge is -2.20. The summed E-state index contributed by atoms with van der Waals surface area (Å²) in [5, 5.41) is 18.4. The molecule has 7 heteroatoms. The zero-order valence-electron chi connectivity index (χ0n) is 11.2. The van der Waals surface area contributed by atoms with Crippen LogP contribution >= 0.6 is 0 Å². The van der Waals surface area contributed by atoms with Gasteiger partial charge in [0.05, 0.1) is 0 Å². The van der Waals surface area contributed by atoms with Gasteiger partial charge < -0.3 is 19.5 Å². The van der Waals surface area contributed by atoms with Crippen molar-refractivity contribution in [3.8, 4) is 0 Å². The highest BCUT2D eigenvalue weighted by Gasteiger charge is 2.15. The van der Waals surface area contributed by atoms with Crippen LogP contribution < -0.4 is 10.5 Å². The molecule has 2 aromatic rings. The lowest BCUT2D eigenvalue weighted by atomic mass is 10.1. The molecule has 0 saturated heterocycles. The van der Waals surface area contributed by atoms with Gasteiger partial charge in [-0.05, 0) is 24.6 Å². The standard InChI is InChI=1S/C14H13NO6/c1-8-4-14(20)21-11-5-9(2-3-10(8)11)15(6-12(16)17)7-13(18)19/h2-5H,6-7H2,1H3,(H,16,17)(H,18,19). The topological polar surface area (TPSA) is 108 Å². The summed E-state index contributed by atoms with van der Waals surface area (Å²) >= 11 is 0. The molecule has 2 rings (SSSR count). The van der Waals surface area contributed by atoms with Crippen molar-refractivity contribution < 1.29 is 24.2 Å². The Labute approximate surface area is 119 Å². The normalized spacial score (nSPS) is 10.5. The van der Waals surface area contributed by atoms with Gasteiger partial charge in [0.1, 0.15) is 18.7 Å². The molecule has 0 aliphatic heterocycles. The average molecular weight is 291 g/mol. The van der Waals surface area contributed by atoms with Gasteiger partial charge >= 0.3 is 17.6 Å². The van der Waals surface area contributed by atoms with E-state index in [0.29, 0.717) is 16.7 Å². The molecule has 1 heterocycles. The molecule has 0 atom stereocenters. The first-order valence-electron chi connectivity index (χ1n) is 6.10. The fourth-order valence-corrected chi connectivity index (χ4v) is 2.08. The van der Waals surface area contributed by atoms with Crippen molar-refractivity contribution in [2.75, 3.05) is 18.0 Å². The van der Waals surface area contributed by atoms with Gasteiger partial charge in [-0.25, -0.2) is 4.79 Å². The van der Waals surface area contributed by atoms with Crippen molar-refractivity contribution in [2.24, 2.45) is 0 Å². The second kappa shape index (κ2) is 5.66. The summed E-state index contributed by atoms with van der Waals surface area (Å²) in [7, 11) is 0. The Morgan fingerprint density at radius 3 is 2.33 bits per heavy atom. The van der Waals surface area contributed by atoms with Crippen molar-refractivity contribution >= 4 is 28.6 Å². The number of carboxylic acids is 2. The van der Waals surface area contributed by atoms with E-state index in [1.165, 1.54) is 17.0 Å². The lowest BCUT2D eigenvalue weighted by Crippen LogP contribution is -2.34. The predicted octanol–water partition coefficient (Wildman–Crippen LogP) is 1.08. The molecular weight excluding hydrogens is 278 g/mol. The van der Waals surface area contributed by atoms with Crippen LogP contribution in [0.2, 0.25) is 0 Å². The first-order chi connectivity index (χ1) is 9.86. The van der Waals surface area contributed by atoms with E-state index < -0.39 is 30.7 Å². The number of aryl methyl sites for hydroxylation is 1. The minimum absolute atomic E-state index is 0.290. The monoisotopic (exact) mass is 291 g/mol. The molecular formula is C14H13NO6. The first-order valence-corrected chi connectivity index (χ1v) is 6.10. The van der Waals surface area contributed by atoms with Gasteiger partial charge in [0.2, 0.25) is 0 Å². The zero-order valence-corrected chi connectivity index (χ0v) is 11.2. The minimum Gasteiger partial charge on any atom is -0.480 e. The molecule has 2 N–H and O–H groups in total. The molecule has 0 bridgehead atoms. The van der Waals surface area contributed by atoms with Crippen LogP contribution in [0.1, 0.15) is 5.56 Å². The molecule has 0 aliphatic carbocycles. The molecule has 1 aromatic carbocycles. The smallest absolute Gasteiger partial charge is 0.336 e. The maximum absolute atomic E-state index is 11.4. The van der Waals surface area contributed by atoms with Gasteiger partial charge in [-0.2, -0.15) is 0 Å². The number of carbonyl (C=O) groups is 2. The van der Waals surface area contributed by atoms with Crippen LogP contribution in [0, 0.1) is 6.92 Å². The molecule has 110 valence electrons. The quantitative estimate of drug-likeness (QED) is 0.793. The molecule has 0 amide bonds. The Bertz CT molecular complexity index is 748. The van der Waals surface area contributed by atoms with E-state index in [2.05, 4.69) is 0 Å². The molecule has 0 fully saturated rings. The number of nitrogens with zero attached hydrogens (tertiary/aromatic N) is 1. The molecule has 0 unspecified atom stereocenters. The van der Waals surface area contributed by atoms with Crippen LogP contribution in [0.3, 0.4) is 0 Å². The number of carboxylic acid groups (broad SMARTS) is 2. The van der Waals surface area contributed by atoms with Gasteiger partial charge in [-0.15, -0.1) is 0 Å². The van der Waals surface area contributed by atoms with Crippen LogP contribution in [0.15, 0.2) is 33.5 Å². The summed E-state index contributed by atoms with van der Waals surface area (Å²) < 4.78 is 5.07. The summed E-state index contributed by atoms with van der Waals surface area (Å²) in [6.07, 6.45) is 0.